The van der Waals surface area contributed by atoms with Crippen LogP contribution in [0.2, 0.25) is 5.02 Å². The van der Waals surface area contributed by atoms with Gasteiger partial charge >= 0.3 is 0 Å². The topological polar surface area (TPSA) is 21.3 Å². The first kappa shape index (κ1) is 15.8. The lowest BCUT2D eigenvalue weighted by Crippen LogP contribution is -2.18. The third-order valence-corrected chi connectivity index (χ3v) is 4.01. The number of methoxy groups -OCH3 is 1. The van der Waals surface area contributed by atoms with Crippen LogP contribution < -0.4 is 5.32 Å². The Morgan fingerprint density at radius 1 is 1.39 bits per heavy atom. The van der Waals surface area contributed by atoms with Crippen molar-refractivity contribution >= 4 is 23.4 Å². The lowest BCUT2D eigenvalue weighted by molar-refractivity contribution is 0.199. The van der Waals surface area contributed by atoms with Gasteiger partial charge < -0.3 is 10.1 Å². The summed E-state index contributed by atoms with van der Waals surface area (Å²) < 4.78 is 5.02. The van der Waals surface area contributed by atoms with E-state index in [9.17, 15) is 0 Å². The molecule has 0 aliphatic heterocycles. The van der Waals surface area contributed by atoms with Crippen LogP contribution in [0.4, 0.5) is 0 Å². The standard InChI is InChI=1S/C14H22ClNOS/c1-3-4-9-18-14-6-5-13(15)10-12(14)11-16-7-8-17-2/h5-6,10,16H,3-4,7-9,11H2,1-2H3. The number of rotatable bonds is 9. The maximum Gasteiger partial charge on any atom is 0.0587 e. The molecule has 1 aromatic carbocycles. The predicted octanol–water partition coefficient (Wildman–Crippen LogP) is 3.97. The van der Waals surface area contributed by atoms with E-state index in [2.05, 4.69) is 24.4 Å². The second-order valence-electron chi connectivity index (χ2n) is 4.12. The number of nitrogens with one attached hydrogen (secondary N) is 1. The van der Waals surface area contributed by atoms with Gasteiger partial charge in [-0.05, 0) is 35.9 Å². The number of thioether (sulfide) groups is 1. The van der Waals surface area contributed by atoms with E-state index in [4.69, 9.17) is 16.3 Å². The van der Waals surface area contributed by atoms with Crippen molar-refractivity contribution in [3.05, 3.63) is 28.8 Å². The monoisotopic (exact) mass is 287 g/mol. The number of benzene rings is 1. The van der Waals surface area contributed by atoms with Crippen LogP contribution in [-0.2, 0) is 11.3 Å². The summed E-state index contributed by atoms with van der Waals surface area (Å²) in [7, 11) is 1.72. The molecule has 1 rings (SSSR count). The SMILES string of the molecule is CCCCSc1ccc(Cl)cc1CNCCOC. The van der Waals surface area contributed by atoms with E-state index in [0.717, 1.165) is 24.7 Å². The Morgan fingerprint density at radius 2 is 2.22 bits per heavy atom. The van der Waals surface area contributed by atoms with Crippen LogP contribution in [-0.4, -0.2) is 26.0 Å². The van der Waals surface area contributed by atoms with E-state index in [0.29, 0.717) is 0 Å². The van der Waals surface area contributed by atoms with Crippen molar-refractivity contribution in [2.45, 2.75) is 31.2 Å². The Kier molecular flexibility index (Phi) is 8.51. The smallest absolute Gasteiger partial charge is 0.0587 e. The van der Waals surface area contributed by atoms with Gasteiger partial charge in [0.1, 0.15) is 0 Å². The molecular weight excluding hydrogens is 266 g/mol. The summed E-state index contributed by atoms with van der Waals surface area (Å²) in [5.74, 6) is 1.17. The molecule has 0 amide bonds. The van der Waals surface area contributed by atoms with E-state index < -0.39 is 0 Å². The lowest BCUT2D eigenvalue weighted by Gasteiger charge is -2.10. The molecule has 0 bridgehead atoms. The summed E-state index contributed by atoms with van der Waals surface area (Å²) in [6.45, 7) is 4.66. The van der Waals surface area contributed by atoms with Crippen molar-refractivity contribution in [2.24, 2.45) is 0 Å². The van der Waals surface area contributed by atoms with Crippen molar-refractivity contribution < 1.29 is 4.74 Å². The van der Waals surface area contributed by atoms with Gasteiger partial charge in [-0.25, -0.2) is 0 Å². The molecule has 18 heavy (non-hydrogen) atoms. The minimum atomic E-state index is 0.735. The highest BCUT2D eigenvalue weighted by Crippen LogP contribution is 2.26. The molecule has 0 fully saturated rings. The fourth-order valence-corrected chi connectivity index (χ4v) is 2.88. The summed E-state index contributed by atoms with van der Waals surface area (Å²) in [6.07, 6.45) is 2.49. The van der Waals surface area contributed by atoms with E-state index in [1.807, 2.05) is 17.8 Å². The number of ether oxygens (including phenoxy) is 1. The van der Waals surface area contributed by atoms with Gasteiger partial charge in [0.25, 0.3) is 0 Å². The molecule has 0 saturated carbocycles. The normalized spacial score (nSPS) is 10.8. The largest absolute Gasteiger partial charge is 0.383 e. The molecular formula is C14H22ClNOS. The molecule has 0 spiro atoms. The Balaban J connectivity index is 2.53. The highest BCUT2D eigenvalue weighted by molar-refractivity contribution is 7.99. The third-order valence-electron chi connectivity index (χ3n) is 2.58. The Labute approximate surface area is 119 Å². The van der Waals surface area contributed by atoms with Crippen molar-refractivity contribution in [1.82, 2.24) is 5.32 Å². The van der Waals surface area contributed by atoms with Gasteiger partial charge in [-0.1, -0.05) is 24.9 Å². The maximum absolute atomic E-state index is 6.06. The van der Waals surface area contributed by atoms with Crippen LogP contribution in [0.5, 0.6) is 0 Å². The molecule has 1 aromatic rings. The van der Waals surface area contributed by atoms with Gasteiger partial charge in [-0.3, -0.25) is 0 Å². The van der Waals surface area contributed by atoms with Crippen LogP contribution in [0.3, 0.4) is 0 Å². The van der Waals surface area contributed by atoms with Gasteiger partial charge in [0, 0.05) is 30.1 Å². The second kappa shape index (κ2) is 9.68. The van der Waals surface area contributed by atoms with E-state index in [1.165, 1.54) is 29.1 Å². The summed E-state index contributed by atoms with van der Waals surface area (Å²) in [4.78, 5) is 1.33. The quantitative estimate of drug-likeness (QED) is 0.548. The van der Waals surface area contributed by atoms with Gasteiger partial charge in [0.2, 0.25) is 0 Å². The van der Waals surface area contributed by atoms with Crippen LogP contribution in [0.1, 0.15) is 25.3 Å². The Morgan fingerprint density at radius 3 is 2.94 bits per heavy atom. The number of halogens is 1. The minimum absolute atomic E-state index is 0.735. The molecule has 102 valence electrons. The Hall–Kier alpha value is -0.220. The average Bonchev–Trinajstić information content (AvgIpc) is 2.37. The zero-order valence-electron chi connectivity index (χ0n) is 11.2. The number of unbranched alkanes of at least 4 members (excludes halogenated alkanes) is 1. The second-order valence-corrected chi connectivity index (χ2v) is 5.70. The summed E-state index contributed by atoms with van der Waals surface area (Å²) in [5.41, 5.74) is 1.28. The molecule has 0 unspecified atom stereocenters. The highest BCUT2D eigenvalue weighted by Gasteiger charge is 2.04. The van der Waals surface area contributed by atoms with E-state index >= 15 is 0 Å². The summed E-state index contributed by atoms with van der Waals surface area (Å²) in [6, 6.07) is 6.14. The van der Waals surface area contributed by atoms with Crippen LogP contribution in [0.15, 0.2) is 23.1 Å². The Bertz CT molecular complexity index is 347. The average molecular weight is 288 g/mol. The first-order valence-corrected chi connectivity index (χ1v) is 7.75. The molecule has 0 aliphatic rings. The van der Waals surface area contributed by atoms with Gasteiger partial charge in [-0.15, -0.1) is 11.8 Å². The third kappa shape index (κ3) is 6.10. The van der Waals surface area contributed by atoms with Crippen LogP contribution in [0, 0.1) is 0 Å². The molecule has 0 aromatic heterocycles. The molecule has 0 heterocycles. The van der Waals surface area contributed by atoms with E-state index in [1.54, 1.807) is 7.11 Å². The summed E-state index contributed by atoms with van der Waals surface area (Å²) >= 11 is 7.97. The van der Waals surface area contributed by atoms with Crippen molar-refractivity contribution in [2.75, 3.05) is 26.0 Å². The number of hydrogen-bond acceptors (Lipinski definition) is 3. The van der Waals surface area contributed by atoms with Crippen molar-refractivity contribution in [3.63, 3.8) is 0 Å². The van der Waals surface area contributed by atoms with Gasteiger partial charge in [0.05, 0.1) is 6.61 Å². The number of hydrogen-bond donors (Lipinski definition) is 1. The molecule has 1 N–H and O–H groups in total. The van der Waals surface area contributed by atoms with E-state index in [-0.39, 0.29) is 0 Å². The van der Waals surface area contributed by atoms with Gasteiger partial charge in [-0.2, -0.15) is 0 Å². The molecule has 0 aliphatic carbocycles. The molecule has 2 nitrogen and oxygen atoms in total. The summed E-state index contributed by atoms with van der Waals surface area (Å²) in [5, 5.41) is 4.17. The van der Waals surface area contributed by atoms with Crippen molar-refractivity contribution in [3.8, 4) is 0 Å². The van der Waals surface area contributed by atoms with Crippen LogP contribution in [0.25, 0.3) is 0 Å². The van der Waals surface area contributed by atoms with Crippen LogP contribution >= 0.6 is 23.4 Å². The minimum Gasteiger partial charge on any atom is -0.383 e. The zero-order valence-corrected chi connectivity index (χ0v) is 12.7. The molecule has 0 radical (unpaired) electrons. The molecule has 0 atom stereocenters. The zero-order chi connectivity index (χ0) is 13.2. The van der Waals surface area contributed by atoms with Crippen molar-refractivity contribution in [1.29, 1.82) is 0 Å². The first-order chi connectivity index (χ1) is 8.77. The maximum atomic E-state index is 6.06. The van der Waals surface area contributed by atoms with Gasteiger partial charge in [0.15, 0.2) is 0 Å². The molecule has 0 saturated heterocycles. The first-order valence-electron chi connectivity index (χ1n) is 6.38. The highest BCUT2D eigenvalue weighted by atomic mass is 35.5. The fourth-order valence-electron chi connectivity index (χ4n) is 1.55. The predicted molar refractivity (Wildman–Crippen MR) is 80.7 cm³/mol. The fraction of sp³-hybridized carbons (Fsp3) is 0.571. The lowest BCUT2D eigenvalue weighted by atomic mass is 10.2. The molecule has 4 heteroatoms.